The van der Waals surface area contributed by atoms with Crippen molar-refractivity contribution in [2.75, 3.05) is 33.9 Å². The minimum Gasteiger partial charge on any atom is -0.467 e. The molecule has 0 saturated carbocycles. The summed E-state index contributed by atoms with van der Waals surface area (Å²) in [6, 6.07) is -1.53. The highest BCUT2D eigenvalue weighted by atomic mass is 16.6. The Morgan fingerprint density at radius 1 is 1.27 bits per heavy atom. The van der Waals surface area contributed by atoms with Gasteiger partial charge in [-0.15, -0.1) is 0 Å². The lowest BCUT2D eigenvalue weighted by Crippen LogP contribution is -2.59. The van der Waals surface area contributed by atoms with Gasteiger partial charge in [-0.1, -0.05) is 13.8 Å². The summed E-state index contributed by atoms with van der Waals surface area (Å²) in [4.78, 5) is 40.4. The Hall–Kier alpha value is -1.83. The van der Waals surface area contributed by atoms with Gasteiger partial charge >= 0.3 is 12.1 Å². The first-order valence-electron chi connectivity index (χ1n) is 8.89. The van der Waals surface area contributed by atoms with E-state index < -0.39 is 29.7 Å². The van der Waals surface area contributed by atoms with Crippen molar-refractivity contribution in [2.24, 2.45) is 5.92 Å². The van der Waals surface area contributed by atoms with E-state index in [1.807, 2.05) is 13.8 Å². The molecule has 2 amide bonds. The number of methoxy groups -OCH3 is 1. The molecule has 1 rings (SSSR count). The van der Waals surface area contributed by atoms with Gasteiger partial charge in [-0.25, -0.2) is 9.59 Å². The molecular weight excluding hydrogens is 340 g/mol. The molecule has 1 fully saturated rings. The van der Waals surface area contributed by atoms with E-state index in [9.17, 15) is 14.4 Å². The van der Waals surface area contributed by atoms with Gasteiger partial charge in [-0.2, -0.15) is 0 Å². The lowest BCUT2D eigenvalue weighted by atomic mass is 10.0. The summed E-state index contributed by atoms with van der Waals surface area (Å²) in [6.07, 6.45) is -0.112. The number of esters is 1. The fourth-order valence-electron chi connectivity index (χ4n) is 2.72. The number of likely N-dealkylation sites (N-methyl/N-ethyl adjacent to an activating group) is 1. The average molecular weight is 372 g/mol. The number of rotatable bonds is 5. The highest BCUT2D eigenvalue weighted by molar-refractivity contribution is 5.90. The van der Waals surface area contributed by atoms with Gasteiger partial charge in [0.25, 0.3) is 0 Å². The van der Waals surface area contributed by atoms with Crippen molar-refractivity contribution in [1.82, 2.24) is 9.80 Å². The smallest absolute Gasteiger partial charge is 0.410 e. The first-order chi connectivity index (χ1) is 12.0. The largest absolute Gasteiger partial charge is 0.467 e. The maximum absolute atomic E-state index is 13.2. The Morgan fingerprint density at radius 2 is 1.88 bits per heavy atom. The quantitative estimate of drug-likeness (QED) is 0.683. The van der Waals surface area contributed by atoms with Gasteiger partial charge in [0.05, 0.1) is 20.3 Å². The summed E-state index contributed by atoms with van der Waals surface area (Å²) in [5, 5.41) is 0. The lowest BCUT2D eigenvalue weighted by Gasteiger charge is -2.38. The van der Waals surface area contributed by atoms with Crippen LogP contribution in [0, 0.1) is 5.92 Å². The van der Waals surface area contributed by atoms with Gasteiger partial charge in [0.15, 0.2) is 6.04 Å². The van der Waals surface area contributed by atoms with Crippen molar-refractivity contribution in [2.45, 2.75) is 58.7 Å². The van der Waals surface area contributed by atoms with E-state index in [0.29, 0.717) is 13.0 Å². The van der Waals surface area contributed by atoms with Crippen molar-refractivity contribution in [3.63, 3.8) is 0 Å². The van der Waals surface area contributed by atoms with E-state index in [1.165, 1.54) is 16.9 Å². The normalized spacial score (nSPS) is 19.1. The molecule has 0 radical (unpaired) electrons. The fourth-order valence-corrected chi connectivity index (χ4v) is 2.72. The molecule has 0 N–H and O–H groups in total. The van der Waals surface area contributed by atoms with Gasteiger partial charge in [0, 0.05) is 13.6 Å². The zero-order valence-electron chi connectivity index (χ0n) is 16.9. The zero-order valence-corrected chi connectivity index (χ0v) is 16.9. The van der Waals surface area contributed by atoms with Gasteiger partial charge in [-0.3, -0.25) is 9.69 Å². The van der Waals surface area contributed by atoms with Crippen LogP contribution in [-0.2, 0) is 23.8 Å². The molecule has 0 aliphatic carbocycles. The topological polar surface area (TPSA) is 85.4 Å². The molecule has 0 aromatic carbocycles. The monoisotopic (exact) mass is 372 g/mol. The van der Waals surface area contributed by atoms with Crippen LogP contribution in [0.4, 0.5) is 4.79 Å². The molecule has 1 saturated heterocycles. The predicted molar refractivity (Wildman–Crippen MR) is 95.6 cm³/mol. The second-order valence-electron chi connectivity index (χ2n) is 7.88. The number of nitrogens with zero attached hydrogens (tertiary/aromatic N) is 2. The molecule has 1 heterocycles. The molecule has 8 nitrogen and oxygen atoms in total. The molecule has 0 bridgehead atoms. The maximum atomic E-state index is 13.2. The van der Waals surface area contributed by atoms with E-state index in [1.54, 1.807) is 27.8 Å². The molecule has 0 aromatic heterocycles. The van der Waals surface area contributed by atoms with Crippen LogP contribution in [0.5, 0.6) is 0 Å². The van der Waals surface area contributed by atoms with E-state index in [0.717, 1.165) is 0 Å². The summed E-state index contributed by atoms with van der Waals surface area (Å²) in [7, 11) is 2.82. The number of amides is 2. The molecule has 0 unspecified atom stereocenters. The highest BCUT2D eigenvalue weighted by Gasteiger charge is 2.40. The second kappa shape index (κ2) is 9.21. The van der Waals surface area contributed by atoms with Crippen LogP contribution >= 0.6 is 0 Å². The Kier molecular flexibility index (Phi) is 7.87. The highest BCUT2D eigenvalue weighted by Crippen LogP contribution is 2.20. The van der Waals surface area contributed by atoms with Crippen molar-refractivity contribution < 1.29 is 28.6 Å². The summed E-state index contributed by atoms with van der Waals surface area (Å²) < 4.78 is 15.5. The van der Waals surface area contributed by atoms with E-state index in [-0.39, 0.29) is 25.0 Å². The van der Waals surface area contributed by atoms with Crippen LogP contribution in [0.15, 0.2) is 0 Å². The van der Waals surface area contributed by atoms with Crippen LogP contribution in [0.3, 0.4) is 0 Å². The Morgan fingerprint density at radius 3 is 2.38 bits per heavy atom. The van der Waals surface area contributed by atoms with E-state index in [2.05, 4.69) is 0 Å². The first kappa shape index (κ1) is 22.2. The third-order valence-corrected chi connectivity index (χ3v) is 4.01. The molecule has 1 aliphatic rings. The van der Waals surface area contributed by atoms with Crippen LogP contribution in [0.25, 0.3) is 0 Å². The minimum atomic E-state index is -0.803. The van der Waals surface area contributed by atoms with Crippen molar-refractivity contribution in [1.29, 1.82) is 0 Å². The molecule has 8 heteroatoms. The van der Waals surface area contributed by atoms with Gasteiger partial charge < -0.3 is 19.1 Å². The second-order valence-corrected chi connectivity index (χ2v) is 7.88. The van der Waals surface area contributed by atoms with Crippen LogP contribution in [-0.4, -0.2) is 79.4 Å². The Balaban J connectivity index is 3.04. The van der Waals surface area contributed by atoms with E-state index >= 15 is 0 Å². The molecule has 26 heavy (non-hydrogen) atoms. The number of hydrogen-bond donors (Lipinski definition) is 0. The molecule has 0 spiro atoms. The summed E-state index contributed by atoms with van der Waals surface area (Å²) in [5.74, 6) is -0.654. The molecule has 2 atom stereocenters. The van der Waals surface area contributed by atoms with Crippen LogP contribution in [0.2, 0.25) is 0 Å². The van der Waals surface area contributed by atoms with E-state index in [4.69, 9.17) is 14.2 Å². The Bertz CT molecular complexity index is 514. The van der Waals surface area contributed by atoms with Crippen molar-refractivity contribution >= 4 is 18.0 Å². The van der Waals surface area contributed by atoms with Crippen molar-refractivity contribution in [3.8, 4) is 0 Å². The van der Waals surface area contributed by atoms with Crippen LogP contribution < -0.4 is 0 Å². The molecule has 0 aromatic rings. The molecule has 150 valence electrons. The number of carbonyl (C=O) groups is 3. The number of morpholine rings is 1. The third kappa shape index (κ3) is 6.16. The first-order valence-corrected chi connectivity index (χ1v) is 8.89. The van der Waals surface area contributed by atoms with Gasteiger partial charge in [-0.05, 0) is 33.1 Å². The Labute approximate surface area is 155 Å². The summed E-state index contributed by atoms with van der Waals surface area (Å²) in [5.41, 5.74) is -0.662. The maximum Gasteiger partial charge on any atom is 0.410 e. The standard InChI is InChI=1S/C18H32N2O6/c1-12(2)10-13(19(6)17(23)26-18(3,4)5)15(21)20-8-9-25-11-14(20)16(22)24-7/h12-14H,8-11H2,1-7H3/t13-,14+/m0/s1. The zero-order chi connectivity index (χ0) is 20.1. The van der Waals surface area contributed by atoms with Gasteiger partial charge in [0.1, 0.15) is 11.6 Å². The van der Waals surface area contributed by atoms with Crippen LogP contribution in [0.1, 0.15) is 41.0 Å². The summed E-state index contributed by atoms with van der Waals surface area (Å²) >= 11 is 0. The molecular formula is C18H32N2O6. The molecule has 1 aliphatic heterocycles. The lowest BCUT2D eigenvalue weighted by molar-refractivity contribution is -0.163. The predicted octanol–water partition coefficient (Wildman–Crippen LogP) is 1.67. The number of ether oxygens (including phenoxy) is 3. The third-order valence-electron chi connectivity index (χ3n) is 4.01. The average Bonchev–Trinajstić information content (AvgIpc) is 2.56. The van der Waals surface area contributed by atoms with Crippen molar-refractivity contribution in [3.05, 3.63) is 0 Å². The SMILES string of the molecule is COC(=O)[C@H]1COCCN1C(=O)[C@H](CC(C)C)N(C)C(=O)OC(C)(C)C. The number of hydrogen-bond acceptors (Lipinski definition) is 6. The van der Waals surface area contributed by atoms with Gasteiger partial charge in [0.2, 0.25) is 5.91 Å². The minimum absolute atomic E-state index is 0.0863. The number of carbonyl (C=O) groups excluding carboxylic acids is 3. The fraction of sp³-hybridized carbons (Fsp3) is 0.833. The summed E-state index contributed by atoms with van der Waals surface area (Å²) in [6.45, 7) is 9.95.